The van der Waals surface area contributed by atoms with Gasteiger partial charge in [0.05, 0.1) is 10.7 Å². The molecule has 0 aromatic heterocycles. The fourth-order valence-electron chi connectivity index (χ4n) is 2.35. The average molecular weight is 301 g/mol. The van der Waals surface area contributed by atoms with Crippen molar-refractivity contribution in [2.75, 3.05) is 29.2 Å². The van der Waals surface area contributed by atoms with Gasteiger partial charge >= 0.3 is 0 Å². The van der Waals surface area contributed by atoms with Gasteiger partial charge in [0.15, 0.2) is 0 Å². The van der Waals surface area contributed by atoms with Crippen LogP contribution < -0.4 is 10.2 Å². The summed E-state index contributed by atoms with van der Waals surface area (Å²) in [5.41, 5.74) is 1.74. The highest BCUT2D eigenvalue weighted by Crippen LogP contribution is 2.30. The summed E-state index contributed by atoms with van der Waals surface area (Å²) in [5, 5.41) is 3.38. The Labute approximate surface area is 123 Å². The molecule has 0 spiro atoms. The van der Waals surface area contributed by atoms with Crippen LogP contribution in [0.25, 0.3) is 0 Å². The Kier molecular flexibility index (Phi) is 5.34. The molecule has 104 valence electrons. The van der Waals surface area contributed by atoms with E-state index in [-0.39, 0.29) is 11.8 Å². The first-order chi connectivity index (χ1) is 9.20. The number of halogens is 2. The van der Waals surface area contributed by atoms with Crippen LogP contribution in [0.4, 0.5) is 11.4 Å². The molecule has 2 rings (SSSR count). The molecule has 1 aromatic rings. The quantitative estimate of drug-likeness (QED) is 0.859. The fraction of sp³-hybridized carbons (Fsp3) is 0.500. The second-order valence-corrected chi connectivity index (χ2v) is 5.42. The average Bonchev–Trinajstić information content (AvgIpc) is 2.67. The predicted molar refractivity (Wildman–Crippen MR) is 81.5 cm³/mol. The maximum atomic E-state index is 11.2. The first-order valence-electron chi connectivity index (χ1n) is 6.61. The van der Waals surface area contributed by atoms with E-state index < -0.39 is 0 Å². The van der Waals surface area contributed by atoms with Crippen molar-refractivity contribution in [3.05, 3.63) is 23.2 Å². The second kappa shape index (κ2) is 7.01. The molecule has 0 unspecified atom stereocenters. The normalized spacial score (nSPS) is 16.0. The molecule has 1 fully saturated rings. The number of nitrogens with one attached hydrogen (secondary N) is 1. The minimum absolute atomic E-state index is 0.0501. The van der Waals surface area contributed by atoms with E-state index in [9.17, 15) is 4.79 Å². The first-order valence-corrected chi connectivity index (χ1v) is 7.52. The molecular formula is C14H18Cl2N2O. The van der Waals surface area contributed by atoms with Crippen LogP contribution >= 0.6 is 23.2 Å². The molecule has 0 bridgehead atoms. The molecule has 0 atom stereocenters. The van der Waals surface area contributed by atoms with Crippen molar-refractivity contribution in [2.45, 2.75) is 25.7 Å². The van der Waals surface area contributed by atoms with Gasteiger partial charge in [-0.3, -0.25) is 4.79 Å². The van der Waals surface area contributed by atoms with Crippen LogP contribution in [0, 0.1) is 0 Å². The highest BCUT2D eigenvalue weighted by molar-refractivity contribution is 6.33. The van der Waals surface area contributed by atoms with Crippen molar-refractivity contribution in [1.29, 1.82) is 0 Å². The SMILES string of the molecule is O=C(CCl)Nc1ccc(N2CCCCCC2)c(Cl)c1. The molecule has 0 radical (unpaired) electrons. The second-order valence-electron chi connectivity index (χ2n) is 4.75. The molecule has 5 heteroatoms. The van der Waals surface area contributed by atoms with Crippen molar-refractivity contribution in [3.63, 3.8) is 0 Å². The molecule has 1 amide bonds. The molecule has 1 saturated heterocycles. The summed E-state index contributed by atoms with van der Waals surface area (Å²) in [7, 11) is 0. The summed E-state index contributed by atoms with van der Waals surface area (Å²) in [6, 6.07) is 5.63. The summed E-state index contributed by atoms with van der Waals surface area (Å²) >= 11 is 11.8. The third kappa shape index (κ3) is 4.02. The molecule has 1 aliphatic heterocycles. The zero-order valence-corrected chi connectivity index (χ0v) is 12.3. The smallest absolute Gasteiger partial charge is 0.239 e. The maximum Gasteiger partial charge on any atom is 0.239 e. The van der Waals surface area contributed by atoms with Crippen molar-refractivity contribution in [2.24, 2.45) is 0 Å². The largest absolute Gasteiger partial charge is 0.370 e. The lowest BCUT2D eigenvalue weighted by Gasteiger charge is -2.24. The van der Waals surface area contributed by atoms with E-state index in [4.69, 9.17) is 23.2 Å². The zero-order valence-electron chi connectivity index (χ0n) is 10.8. The summed E-state index contributed by atoms with van der Waals surface area (Å²) < 4.78 is 0. The summed E-state index contributed by atoms with van der Waals surface area (Å²) in [6.45, 7) is 2.10. The lowest BCUT2D eigenvalue weighted by molar-refractivity contribution is -0.113. The van der Waals surface area contributed by atoms with Crippen LogP contribution in [0.3, 0.4) is 0 Å². The number of carbonyl (C=O) groups excluding carboxylic acids is 1. The summed E-state index contributed by atoms with van der Waals surface area (Å²) in [6.07, 6.45) is 5.00. The minimum Gasteiger partial charge on any atom is -0.370 e. The molecule has 3 nitrogen and oxygen atoms in total. The number of alkyl halides is 1. The molecular weight excluding hydrogens is 283 g/mol. The van der Waals surface area contributed by atoms with Gasteiger partial charge in [-0.25, -0.2) is 0 Å². The Morgan fingerprint density at radius 1 is 1.21 bits per heavy atom. The number of amides is 1. The Balaban J connectivity index is 2.11. The molecule has 0 aliphatic carbocycles. The molecule has 1 aromatic carbocycles. The lowest BCUT2D eigenvalue weighted by Crippen LogP contribution is -2.24. The topological polar surface area (TPSA) is 32.3 Å². The van der Waals surface area contributed by atoms with Crippen LogP contribution in [-0.4, -0.2) is 24.9 Å². The van der Waals surface area contributed by atoms with Gasteiger partial charge in [0, 0.05) is 18.8 Å². The van der Waals surface area contributed by atoms with E-state index >= 15 is 0 Å². The van der Waals surface area contributed by atoms with Gasteiger partial charge < -0.3 is 10.2 Å². The number of hydrogen-bond donors (Lipinski definition) is 1. The minimum atomic E-state index is -0.222. The van der Waals surface area contributed by atoms with Gasteiger partial charge in [-0.15, -0.1) is 11.6 Å². The standard InChI is InChI=1S/C14H18Cl2N2O/c15-10-14(19)17-11-5-6-13(12(16)9-11)18-7-3-1-2-4-8-18/h5-6,9H,1-4,7-8,10H2,(H,17,19). The number of carbonyl (C=O) groups is 1. The Morgan fingerprint density at radius 2 is 1.89 bits per heavy atom. The Bertz CT molecular complexity index is 443. The third-order valence-electron chi connectivity index (χ3n) is 3.30. The zero-order chi connectivity index (χ0) is 13.7. The number of anilines is 2. The molecule has 1 N–H and O–H groups in total. The van der Waals surface area contributed by atoms with Gasteiger partial charge in [-0.1, -0.05) is 24.4 Å². The highest BCUT2D eigenvalue weighted by atomic mass is 35.5. The third-order valence-corrected chi connectivity index (χ3v) is 3.85. The predicted octanol–water partition coefficient (Wildman–Crippen LogP) is 3.90. The van der Waals surface area contributed by atoms with Crippen LogP contribution in [-0.2, 0) is 4.79 Å². The molecule has 0 saturated carbocycles. The Morgan fingerprint density at radius 3 is 2.47 bits per heavy atom. The lowest BCUT2D eigenvalue weighted by atomic mass is 10.2. The van der Waals surface area contributed by atoms with E-state index in [0.29, 0.717) is 10.7 Å². The van der Waals surface area contributed by atoms with E-state index in [1.807, 2.05) is 12.1 Å². The molecule has 19 heavy (non-hydrogen) atoms. The van der Waals surface area contributed by atoms with Gasteiger partial charge in [0.1, 0.15) is 5.88 Å². The molecule has 1 aliphatic rings. The summed E-state index contributed by atoms with van der Waals surface area (Å²) in [5.74, 6) is -0.272. The monoisotopic (exact) mass is 300 g/mol. The highest BCUT2D eigenvalue weighted by Gasteiger charge is 2.13. The van der Waals surface area contributed by atoms with Crippen LogP contribution in [0.2, 0.25) is 5.02 Å². The van der Waals surface area contributed by atoms with E-state index in [1.165, 1.54) is 25.7 Å². The van der Waals surface area contributed by atoms with E-state index in [2.05, 4.69) is 10.2 Å². The number of nitrogens with zero attached hydrogens (tertiary/aromatic N) is 1. The van der Waals surface area contributed by atoms with Crippen molar-refractivity contribution in [1.82, 2.24) is 0 Å². The number of hydrogen-bond acceptors (Lipinski definition) is 2. The van der Waals surface area contributed by atoms with Gasteiger partial charge in [0.2, 0.25) is 5.91 Å². The Hall–Kier alpha value is -0.930. The van der Waals surface area contributed by atoms with E-state index in [1.54, 1.807) is 6.07 Å². The first kappa shape index (κ1) is 14.5. The van der Waals surface area contributed by atoms with Crippen LogP contribution in [0.15, 0.2) is 18.2 Å². The fourth-order valence-corrected chi connectivity index (χ4v) is 2.71. The number of benzene rings is 1. The van der Waals surface area contributed by atoms with Crippen LogP contribution in [0.5, 0.6) is 0 Å². The van der Waals surface area contributed by atoms with Crippen molar-refractivity contribution >= 4 is 40.5 Å². The summed E-state index contributed by atoms with van der Waals surface area (Å²) in [4.78, 5) is 13.5. The molecule has 1 heterocycles. The maximum absolute atomic E-state index is 11.2. The number of rotatable bonds is 3. The van der Waals surface area contributed by atoms with Crippen LogP contribution in [0.1, 0.15) is 25.7 Å². The van der Waals surface area contributed by atoms with E-state index in [0.717, 1.165) is 18.8 Å². The van der Waals surface area contributed by atoms with Gasteiger partial charge in [0.25, 0.3) is 0 Å². The van der Waals surface area contributed by atoms with Gasteiger partial charge in [-0.2, -0.15) is 0 Å². The van der Waals surface area contributed by atoms with Crippen molar-refractivity contribution in [3.8, 4) is 0 Å². The van der Waals surface area contributed by atoms with Gasteiger partial charge in [-0.05, 0) is 31.0 Å². The van der Waals surface area contributed by atoms with Crippen molar-refractivity contribution < 1.29 is 4.79 Å².